The molecule has 0 heterocycles. The minimum Gasteiger partial charge on any atom is -0.465 e. The molecule has 0 amide bonds. The summed E-state index contributed by atoms with van der Waals surface area (Å²) in [6.07, 6.45) is 4.91. The first kappa shape index (κ1) is 14.5. The number of hydrogen-bond donors (Lipinski definition) is 0. The highest BCUT2D eigenvalue weighted by Crippen LogP contribution is 2.13. The van der Waals surface area contributed by atoms with Crippen molar-refractivity contribution in [2.24, 2.45) is 0 Å². The molecular formula is C15H16N2O2. The van der Waals surface area contributed by atoms with Crippen LogP contribution >= 0.6 is 0 Å². The monoisotopic (exact) mass is 256 g/mol. The lowest BCUT2D eigenvalue weighted by atomic mass is 10.1. The SMILES string of the molecule is COC(=O)C(C#N)=CC=Cc1ccc(N(C)C)cc1. The van der Waals surface area contributed by atoms with Crippen molar-refractivity contribution in [1.29, 1.82) is 5.26 Å². The molecule has 0 aromatic heterocycles. The van der Waals surface area contributed by atoms with E-state index in [4.69, 9.17) is 5.26 Å². The number of allylic oxidation sites excluding steroid dienone is 2. The summed E-state index contributed by atoms with van der Waals surface area (Å²) in [5.41, 5.74) is 2.08. The maximum atomic E-state index is 11.2. The Labute approximate surface area is 113 Å². The molecule has 0 bridgehead atoms. The molecule has 98 valence electrons. The van der Waals surface area contributed by atoms with E-state index in [-0.39, 0.29) is 5.57 Å². The van der Waals surface area contributed by atoms with Crippen molar-refractivity contribution >= 4 is 17.7 Å². The Kier molecular flexibility index (Phi) is 5.36. The predicted molar refractivity (Wildman–Crippen MR) is 75.5 cm³/mol. The minimum atomic E-state index is -0.630. The number of ether oxygens (including phenoxy) is 1. The average molecular weight is 256 g/mol. The Hall–Kier alpha value is -2.54. The van der Waals surface area contributed by atoms with Gasteiger partial charge in [-0.1, -0.05) is 24.3 Å². The van der Waals surface area contributed by atoms with Crippen LogP contribution < -0.4 is 4.90 Å². The van der Waals surface area contributed by atoms with Crippen LogP contribution in [0.2, 0.25) is 0 Å². The van der Waals surface area contributed by atoms with Crippen molar-refractivity contribution < 1.29 is 9.53 Å². The maximum absolute atomic E-state index is 11.2. The van der Waals surface area contributed by atoms with Crippen LogP contribution in [-0.4, -0.2) is 27.2 Å². The van der Waals surface area contributed by atoms with Crippen molar-refractivity contribution in [3.8, 4) is 6.07 Å². The zero-order chi connectivity index (χ0) is 14.3. The highest BCUT2D eigenvalue weighted by molar-refractivity contribution is 5.93. The number of carbonyl (C=O) groups is 1. The molecule has 0 atom stereocenters. The van der Waals surface area contributed by atoms with E-state index in [1.54, 1.807) is 12.1 Å². The normalized spacial score (nSPS) is 11.2. The first-order chi connectivity index (χ1) is 9.08. The number of carbonyl (C=O) groups excluding carboxylic acids is 1. The van der Waals surface area contributed by atoms with Gasteiger partial charge >= 0.3 is 5.97 Å². The fourth-order valence-corrected chi connectivity index (χ4v) is 1.40. The van der Waals surface area contributed by atoms with Crippen LogP contribution in [-0.2, 0) is 9.53 Å². The summed E-state index contributed by atoms with van der Waals surface area (Å²) in [7, 11) is 5.20. The molecule has 0 radical (unpaired) electrons. The van der Waals surface area contributed by atoms with Crippen LogP contribution in [0.3, 0.4) is 0 Å². The third-order valence-electron chi connectivity index (χ3n) is 2.49. The van der Waals surface area contributed by atoms with E-state index in [2.05, 4.69) is 4.74 Å². The second kappa shape index (κ2) is 7.02. The second-order valence-corrected chi connectivity index (χ2v) is 4.03. The molecule has 0 aliphatic heterocycles. The van der Waals surface area contributed by atoms with Gasteiger partial charge in [0, 0.05) is 19.8 Å². The molecule has 0 aliphatic rings. The number of anilines is 1. The number of methoxy groups -OCH3 is 1. The smallest absolute Gasteiger partial charge is 0.348 e. The summed E-state index contributed by atoms with van der Waals surface area (Å²) >= 11 is 0. The van der Waals surface area contributed by atoms with Gasteiger partial charge in [-0.05, 0) is 23.8 Å². The van der Waals surface area contributed by atoms with Crippen LogP contribution in [0.15, 0.2) is 42.0 Å². The van der Waals surface area contributed by atoms with Crippen LogP contribution in [0.25, 0.3) is 6.08 Å². The van der Waals surface area contributed by atoms with Gasteiger partial charge in [0.25, 0.3) is 0 Å². The predicted octanol–water partition coefficient (Wildman–Crippen LogP) is 2.39. The van der Waals surface area contributed by atoms with E-state index in [0.717, 1.165) is 11.3 Å². The zero-order valence-electron chi connectivity index (χ0n) is 11.3. The van der Waals surface area contributed by atoms with E-state index in [1.165, 1.54) is 13.2 Å². The molecule has 0 saturated carbocycles. The fourth-order valence-electron chi connectivity index (χ4n) is 1.40. The van der Waals surface area contributed by atoms with Gasteiger partial charge in [-0.25, -0.2) is 4.79 Å². The zero-order valence-corrected chi connectivity index (χ0v) is 11.3. The maximum Gasteiger partial charge on any atom is 0.348 e. The van der Waals surface area contributed by atoms with Crippen molar-refractivity contribution in [3.63, 3.8) is 0 Å². The highest BCUT2D eigenvalue weighted by atomic mass is 16.5. The molecule has 1 aromatic carbocycles. The molecule has 0 unspecified atom stereocenters. The lowest BCUT2D eigenvalue weighted by Crippen LogP contribution is -2.07. The van der Waals surface area contributed by atoms with Crippen molar-refractivity contribution in [3.05, 3.63) is 47.6 Å². The molecule has 0 aliphatic carbocycles. The summed E-state index contributed by atoms with van der Waals surface area (Å²) < 4.78 is 4.48. The molecule has 19 heavy (non-hydrogen) atoms. The third kappa shape index (κ3) is 4.32. The van der Waals surface area contributed by atoms with E-state index in [1.807, 2.05) is 49.3 Å². The topological polar surface area (TPSA) is 53.3 Å². The van der Waals surface area contributed by atoms with Crippen LogP contribution in [0.1, 0.15) is 5.56 Å². The Morgan fingerprint density at radius 1 is 1.32 bits per heavy atom. The summed E-state index contributed by atoms with van der Waals surface area (Å²) in [6.45, 7) is 0. The third-order valence-corrected chi connectivity index (χ3v) is 2.49. The van der Waals surface area contributed by atoms with E-state index < -0.39 is 5.97 Å². The number of hydrogen-bond acceptors (Lipinski definition) is 4. The van der Waals surface area contributed by atoms with Gasteiger partial charge < -0.3 is 9.64 Å². The highest BCUT2D eigenvalue weighted by Gasteiger charge is 2.05. The first-order valence-corrected chi connectivity index (χ1v) is 5.72. The lowest BCUT2D eigenvalue weighted by molar-refractivity contribution is -0.135. The Bertz CT molecular complexity index is 534. The van der Waals surface area contributed by atoms with Crippen molar-refractivity contribution in [2.45, 2.75) is 0 Å². The molecule has 4 heteroatoms. The van der Waals surface area contributed by atoms with Gasteiger partial charge in [-0.15, -0.1) is 0 Å². The molecule has 1 rings (SSSR count). The van der Waals surface area contributed by atoms with Gasteiger partial charge in [0.1, 0.15) is 11.6 Å². The van der Waals surface area contributed by atoms with Crippen molar-refractivity contribution in [1.82, 2.24) is 0 Å². The standard InChI is InChI=1S/C15H16N2O2/c1-17(2)14-9-7-12(8-10-14)5-4-6-13(11-16)15(18)19-3/h4-10H,1-3H3. The van der Waals surface area contributed by atoms with Gasteiger partial charge in [-0.3, -0.25) is 0 Å². The van der Waals surface area contributed by atoms with Crippen LogP contribution in [0, 0.1) is 11.3 Å². The number of rotatable bonds is 4. The number of benzene rings is 1. The first-order valence-electron chi connectivity index (χ1n) is 5.72. The molecule has 0 fully saturated rings. The van der Waals surface area contributed by atoms with Crippen LogP contribution in [0.4, 0.5) is 5.69 Å². The van der Waals surface area contributed by atoms with E-state index >= 15 is 0 Å². The molecule has 0 N–H and O–H groups in total. The molecular weight excluding hydrogens is 240 g/mol. The van der Waals surface area contributed by atoms with Crippen molar-refractivity contribution in [2.75, 3.05) is 26.1 Å². The Morgan fingerprint density at radius 3 is 2.42 bits per heavy atom. The summed E-state index contributed by atoms with van der Waals surface area (Å²) in [5, 5.41) is 8.76. The largest absolute Gasteiger partial charge is 0.465 e. The van der Waals surface area contributed by atoms with E-state index in [0.29, 0.717) is 0 Å². The van der Waals surface area contributed by atoms with Gasteiger partial charge in [0.15, 0.2) is 0 Å². The van der Waals surface area contributed by atoms with Gasteiger partial charge in [-0.2, -0.15) is 5.26 Å². The Morgan fingerprint density at radius 2 is 1.95 bits per heavy atom. The summed E-state index contributed by atoms with van der Waals surface area (Å²) in [6, 6.07) is 9.71. The summed E-state index contributed by atoms with van der Waals surface area (Å²) in [4.78, 5) is 13.2. The Balaban J connectivity index is 2.79. The molecule has 0 spiro atoms. The van der Waals surface area contributed by atoms with Gasteiger partial charge in [0.2, 0.25) is 0 Å². The quantitative estimate of drug-likeness (QED) is 0.359. The fraction of sp³-hybridized carbons (Fsp3) is 0.200. The van der Waals surface area contributed by atoms with E-state index in [9.17, 15) is 4.79 Å². The molecule has 4 nitrogen and oxygen atoms in total. The number of nitrogens with zero attached hydrogens (tertiary/aromatic N) is 2. The van der Waals surface area contributed by atoms with Crippen LogP contribution in [0.5, 0.6) is 0 Å². The minimum absolute atomic E-state index is 0.0244. The lowest BCUT2D eigenvalue weighted by Gasteiger charge is -2.11. The number of esters is 1. The molecule has 1 aromatic rings. The number of nitriles is 1. The summed E-state index contributed by atoms with van der Waals surface area (Å²) in [5.74, 6) is -0.630. The average Bonchev–Trinajstić information content (AvgIpc) is 2.43. The second-order valence-electron chi connectivity index (χ2n) is 4.03. The van der Waals surface area contributed by atoms with Gasteiger partial charge in [0.05, 0.1) is 7.11 Å². The molecule has 0 saturated heterocycles.